The van der Waals surface area contributed by atoms with Crippen LogP contribution in [0.5, 0.6) is 5.75 Å². The van der Waals surface area contributed by atoms with Crippen LogP contribution < -0.4 is 10.1 Å². The van der Waals surface area contributed by atoms with Gasteiger partial charge in [0.1, 0.15) is 16.9 Å². The second-order valence-corrected chi connectivity index (χ2v) is 8.93. The summed E-state index contributed by atoms with van der Waals surface area (Å²) in [5.74, 6) is 0.935. The van der Waals surface area contributed by atoms with Crippen molar-refractivity contribution in [3.05, 3.63) is 77.6 Å². The van der Waals surface area contributed by atoms with Crippen LogP contribution in [0.2, 0.25) is 0 Å². The number of carbonyl (C=O) groups is 1. The predicted octanol–water partition coefficient (Wildman–Crippen LogP) is 4.72. The molecule has 1 N–H and O–H groups in total. The monoisotopic (exact) mass is 429 g/mol. The summed E-state index contributed by atoms with van der Waals surface area (Å²) in [5, 5.41) is 4.00. The number of pyridine rings is 1. The highest BCUT2D eigenvalue weighted by molar-refractivity contribution is 7.21. The highest BCUT2D eigenvalue weighted by Gasteiger charge is 2.27. The Morgan fingerprint density at radius 3 is 2.97 bits per heavy atom. The molecule has 6 heteroatoms. The van der Waals surface area contributed by atoms with Crippen LogP contribution in [-0.4, -0.2) is 28.5 Å². The summed E-state index contributed by atoms with van der Waals surface area (Å²) < 4.78 is 7.47. The van der Waals surface area contributed by atoms with E-state index in [0.29, 0.717) is 19.4 Å². The molecule has 4 aromatic rings. The van der Waals surface area contributed by atoms with Crippen molar-refractivity contribution in [1.29, 1.82) is 0 Å². The second kappa shape index (κ2) is 8.47. The van der Waals surface area contributed by atoms with Gasteiger partial charge in [0.25, 0.3) is 0 Å². The fourth-order valence-corrected chi connectivity index (χ4v) is 4.95. The Hall–Kier alpha value is -3.25. The van der Waals surface area contributed by atoms with Crippen LogP contribution in [0.1, 0.15) is 23.1 Å². The molecule has 2 aromatic carbocycles. The number of aromatic nitrogens is 2. The topological polar surface area (TPSA) is 64.1 Å². The Morgan fingerprint density at radius 2 is 2.13 bits per heavy atom. The Bertz CT molecular complexity index is 1200. The van der Waals surface area contributed by atoms with Crippen molar-refractivity contribution in [3.8, 4) is 16.3 Å². The number of hydrogen-bond acceptors (Lipinski definition) is 5. The zero-order valence-corrected chi connectivity index (χ0v) is 18.1. The number of thiazole rings is 1. The van der Waals surface area contributed by atoms with Gasteiger partial charge in [0.2, 0.25) is 5.91 Å². The molecule has 1 aliphatic heterocycles. The summed E-state index contributed by atoms with van der Waals surface area (Å²) in [6, 6.07) is 16.4. The van der Waals surface area contributed by atoms with E-state index >= 15 is 0 Å². The molecule has 1 atom stereocenters. The molecule has 2 aromatic heterocycles. The molecule has 1 amide bonds. The van der Waals surface area contributed by atoms with Gasteiger partial charge in [-0.25, -0.2) is 4.98 Å². The molecule has 0 radical (unpaired) electrons. The number of hydrogen-bond donors (Lipinski definition) is 1. The number of carbonyl (C=O) groups excluding carboxylic acids is 1. The molecule has 1 unspecified atom stereocenters. The number of para-hydroxylation sites is 1. The molecule has 3 heterocycles. The highest BCUT2D eigenvalue weighted by atomic mass is 32.1. The molecule has 5 rings (SSSR count). The standard InChI is InChI=1S/C25H23N3O2S/c1-16-11-18-13-19(15-27-23(29)9-8-17-5-4-10-26-14-17)30-24(18)20(12-16)25-28-21-6-2-3-7-22(21)31-25/h2-7,10-12,14,19H,8-9,13,15H2,1H3,(H,27,29). The first-order valence-electron chi connectivity index (χ1n) is 10.5. The molecule has 156 valence electrons. The molecular formula is C25H23N3O2S. The first kappa shape index (κ1) is 19.7. The third-order valence-electron chi connectivity index (χ3n) is 5.46. The van der Waals surface area contributed by atoms with Crippen molar-refractivity contribution >= 4 is 27.5 Å². The second-order valence-electron chi connectivity index (χ2n) is 7.90. The van der Waals surface area contributed by atoms with Crippen LogP contribution in [0.3, 0.4) is 0 Å². The minimum atomic E-state index is -0.0627. The maximum Gasteiger partial charge on any atom is 0.220 e. The van der Waals surface area contributed by atoms with Gasteiger partial charge in [-0.2, -0.15) is 0 Å². The van der Waals surface area contributed by atoms with Crippen molar-refractivity contribution in [3.63, 3.8) is 0 Å². The number of nitrogens with zero attached hydrogens (tertiary/aromatic N) is 2. The number of aryl methyl sites for hydroxylation is 2. The van der Waals surface area contributed by atoms with Gasteiger partial charge in [0.15, 0.2) is 0 Å². The van der Waals surface area contributed by atoms with E-state index in [-0.39, 0.29) is 12.0 Å². The van der Waals surface area contributed by atoms with Crippen LogP contribution in [0, 0.1) is 6.92 Å². The van der Waals surface area contributed by atoms with Crippen molar-refractivity contribution in [2.45, 2.75) is 32.3 Å². The molecule has 0 fully saturated rings. The van der Waals surface area contributed by atoms with Gasteiger partial charge in [-0.1, -0.05) is 24.3 Å². The normalized spacial score (nSPS) is 14.9. The van der Waals surface area contributed by atoms with Crippen LogP contribution in [-0.2, 0) is 17.6 Å². The lowest BCUT2D eigenvalue weighted by molar-refractivity contribution is -0.121. The maximum atomic E-state index is 12.3. The molecule has 31 heavy (non-hydrogen) atoms. The molecule has 0 spiro atoms. The number of rotatable bonds is 6. The van der Waals surface area contributed by atoms with Gasteiger partial charge in [-0.15, -0.1) is 11.3 Å². The third kappa shape index (κ3) is 4.30. The molecule has 0 aliphatic carbocycles. The molecule has 1 aliphatic rings. The van der Waals surface area contributed by atoms with E-state index in [9.17, 15) is 4.79 Å². The van der Waals surface area contributed by atoms with E-state index in [1.165, 1.54) is 15.8 Å². The van der Waals surface area contributed by atoms with E-state index in [1.54, 1.807) is 23.7 Å². The molecule has 5 nitrogen and oxygen atoms in total. The number of ether oxygens (including phenoxy) is 1. The van der Waals surface area contributed by atoms with Gasteiger partial charge in [-0.3, -0.25) is 9.78 Å². The quantitative estimate of drug-likeness (QED) is 0.482. The zero-order chi connectivity index (χ0) is 21.2. The maximum absolute atomic E-state index is 12.3. The predicted molar refractivity (Wildman–Crippen MR) is 123 cm³/mol. The number of benzene rings is 2. The van der Waals surface area contributed by atoms with E-state index in [4.69, 9.17) is 9.72 Å². The lowest BCUT2D eigenvalue weighted by atomic mass is 10.0. The van der Waals surface area contributed by atoms with Crippen LogP contribution in [0.25, 0.3) is 20.8 Å². The summed E-state index contributed by atoms with van der Waals surface area (Å²) >= 11 is 1.68. The van der Waals surface area contributed by atoms with Crippen molar-refractivity contribution < 1.29 is 9.53 Å². The fraction of sp³-hybridized carbons (Fsp3) is 0.240. The molecule has 0 saturated heterocycles. The molecular weight excluding hydrogens is 406 g/mol. The van der Waals surface area contributed by atoms with Gasteiger partial charge in [0, 0.05) is 25.2 Å². The first-order valence-corrected chi connectivity index (χ1v) is 11.3. The number of amides is 1. The van der Waals surface area contributed by atoms with E-state index in [0.717, 1.165) is 33.8 Å². The van der Waals surface area contributed by atoms with E-state index in [1.807, 2.05) is 30.3 Å². The van der Waals surface area contributed by atoms with Crippen LogP contribution in [0.4, 0.5) is 0 Å². The SMILES string of the molecule is Cc1cc2c(c(-c3nc4ccccc4s3)c1)OC(CNC(=O)CCc1cccnc1)C2. The largest absolute Gasteiger partial charge is 0.487 e. The Balaban J connectivity index is 1.26. The van der Waals surface area contributed by atoms with Crippen molar-refractivity contribution in [2.24, 2.45) is 0 Å². The lowest BCUT2D eigenvalue weighted by Crippen LogP contribution is -2.34. The average Bonchev–Trinajstić information content (AvgIpc) is 3.40. The summed E-state index contributed by atoms with van der Waals surface area (Å²) in [6.45, 7) is 2.60. The van der Waals surface area contributed by atoms with Gasteiger partial charge < -0.3 is 10.1 Å². The number of nitrogens with one attached hydrogen (secondary N) is 1. The summed E-state index contributed by atoms with van der Waals surface area (Å²) in [7, 11) is 0. The van der Waals surface area contributed by atoms with Gasteiger partial charge in [0.05, 0.1) is 22.3 Å². The molecule has 0 saturated carbocycles. The Kier molecular flexibility index (Phi) is 5.38. The van der Waals surface area contributed by atoms with Crippen molar-refractivity contribution in [2.75, 3.05) is 6.54 Å². The van der Waals surface area contributed by atoms with Gasteiger partial charge >= 0.3 is 0 Å². The van der Waals surface area contributed by atoms with Gasteiger partial charge in [-0.05, 0) is 54.3 Å². The fourth-order valence-electron chi connectivity index (χ4n) is 3.97. The average molecular weight is 430 g/mol. The first-order chi connectivity index (χ1) is 15.2. The molecule has 0 bridgehead atoms. The van der Waals surface area contributed by atoms with Crippen molar-refractivity contribution in [1.82, 2.24) is 15.3 Å². The Labute approximate surface area is 185 Å². The summed E-state index contributed by atoms with van der Waals surface area (Å²) in [4.78, 5) is 21.2. The smallest absolute Gasteiger partial charge is 0.220 e. The Morgan fingerprint density at radius 1 is 1.23 bits per heavy atom. The highest BCUT2D eigenvalue weighted by Crippen LogP contribution is 2.42. The van der Waals surface area contributed by atoms with E-state index < -0.39 is 0 Å². The minimum absolute atomic E-state index is 0.0333. The third-order valence-corrected chi connectivity index (χ3v) is 6.53. The lowest BCUT2D eigenvalue weighted by Gasteiger charge is -2.13. The summed E-state index contributed by atoms with van der Waals surface area (Å²) in [5.41, 5.74) is 5.49. The number of fused-ring (bicyclic) bond motifs is 2. The minimum Gasteiger partial charge on any atom is -0.487 e. The summed E-state index contributed by atoms with van der Waals surface area (Å²) in [6.07, 6.45) is 5.40. The van der Waals surface area contributed by atoms with Crippen LogP contribution >= 0.6 is 11.3 Å². The van der Waals surface area contributed by atoms with E-state index in [2.05, 4.69) is 35.4 Å². The van der Waals surface area contributed by atoms with Crippen LogP contribution in [0.15, 0.2) is 60.9 Å². The zero-order valence-electron chi connectivity index (χ0n) is 17.3.